The van der Waals surface area contributed by atoms with E-state index in [2.05, 4.69) is 13.0 Å². The maximum absolute atomic E-state index is 10.4. The standard InChI is InChI=1S/C20H27NO3/c1-15-11-16(2)17(3)20(12-15)24-14-19(23)13-21(9-10-22)18-7-5-4-6-8-18/h4-8,11-12,19,22-23H,9-10,13-14H2,1-3H3. The average Bonchev–Trinajstić information content (AvgIpc) is 2.57. The maximum Gasteiger partial charge on any atom is 0.122 e. The average molecular weight is 329 g/mol. The molecular weight excluding hydrogens is 302 g/mol. The summed E-state index contributed by atoms with van der Waals surface area (Å²) in [7, 11) is 0. The van der Waals surface area contributed by atoms with Crippen LogP contribution < -0.4 is 9.64 Å². The van der Waals surface area contributed by atoms with E-state index in [0.29, 0.717) is 13.1 Å². The van der Waals surface area contributed by atoms with Crippen LogP contribution in [0.5, 0.6) is 5.75 Å². The molecule has 0 saturated heterocycles. The first-order chi connectivity index (χ1) is 11.5. The van der Waals surface area contributed by atoms with Gasteiger partial charge in [0, 0.05) is 18.8 Å². The summed E-state index contributed by atoms with van der Waals surface area (Å²) in [5, 5.41) is 19.6. The van der Waals surface area contributed by atoms with Crippen LogP contribution in [-0.2, 0) is 0 Å². The molecule has 0 bridgehead atoms. The van der Waals surface area contributed by atoms with Gasteiger partial charge in [0.05, 0.1) is 6.61 Å². The Morgan fingerprint density at radius 2 is 1.79 bits per heavy atom. The predicted octanol–water partition coefficient (Wildman–Crippen LogP) is 2.85. The molecule has 130 valence electrons. The Bertz CT molecular complexity index is 643. The summed E-state index contributed by atoms with van der Waals surface area (Å²) in [5.74, 6) is 0.819. The lowest BCUT2D eigenvalue weighted by Gasteiger charge is -2.27. The minimum Gasteiger partial charge on any atom is -0.491 e. The van der Waals surface area contributed by atoms with Gasteiger partial charge < -0.3 is 19.8 Å². The van der Waals surface area contributed by atoms with Gasteiger partial charge in [-0.2, -0.15) is 0 Å². The van der Waals surface area contributed by atoms with E-state index in [1.54, 1.807) is 0 Å². The van der Waals surface area contributed by atoms with Gasteiger partial charge in [0.1, 0.15) is 18.5 Å². The molecule has 0 radical (unpaired) electrons. The molecule has 1 atom stereocenters. The van der Waals surface area contributed by atoms with Gasteiger partial charge in [-0.15, -0.1) is 0 Å². The highest BCUT2D eigenvalue weighted by Gasteiger charge is 2.14. The molecule has 0 aromatic heterocycles. The molecule has 2 aromatic carbocycles. The number of rotatable bonds is 8. The highest BCUT2D eigenvalue weighted by Crippen LogP contribution is 2.23. The quantitative estimate of drug-likeness (QED) is 0.782. The molecule has 0 amide bonds. The van der Waals surface area contributed by atoms with Crippen molar-refractivity contribution in [1.29, 1.82) is 0 Å². The van der Waals surface area contributed by atoms with Gasteiger partial charge in [-0.3, -0.25) is 0 Å². The third-order valence-corrected chi connectivity index (χ3v) is 4.12. The lowest BCUT2D eigenvalue weighted by molar-refractivity contribution is 0.111. The highest BCUT2D eigenvalue weighted by molar-refractivity contribution is 5.46. The van der Waals surface area contributed by atoms with E-state index < -0.39 is 6.10 Å². The summed E-state index contributed by atoms with van der Waals surface area (Å²) in [6.45, 7) is 7.27. The number of hydrogen-bond acceptors (Lipinski definition) is 4. The molecule has 0 aliphatic heterocycles. The van der Waals surface area contributed by atoms with Crippen molar-refractivity contribution in [2.45, 2.75) is 26.9 Å². The smallest absolute Gasteiger partial charge is 0.122 e. The molecule has 4 nitrogen and oxygen atoms in total. The lowest BCUT2D eigenvalue weighted by Crippen LogP contribution is -2.37. The number of aliphatic hydroxyl groups is 2. The Hall–Kier alpha value is -2.04. The van der Waals surface area contributed by atoms with Crippen molar-refractivity contribution >= 4 is 5.69 Å². The van der Waals surface area contributed by atoms with Gasteiger partial charge in [-0.1, -0.05) is 24.3 Å². The number of ether oxygens (including phenoxy) is 1. The molecule has 24 heavy (non-hydrogen) atoms. The number of anilines is 1. The maximum atomic E-state index is 10.4. The van der Waals surface area contributed by atoms with Crippen LogP contribution in [0.3, 0.4) is 0 Å². The number of aryl methyl sites for hydroxylation is 2. The second kappa shape index (κ2) is 8.71. The van der Waals surface area contributed by atoms with E-state index in [4.69, 9.17) is 4.74 Å². The second-order valence-corrected chi connectivity index (χ2v) is 6.17. The Morgan fingerprint density at radius 3 is 2.46 bits per heavy atom. The van der Waals surface area contributed by atoms with Crippen molar-refractivity contribution in [3.8, 4) is 5.75 Å². The highest BCUT2D eigenvalue weighted by atomic mass is 16.5. The largest absolute Gasteiger partial charge is 0.491 e. The van der Waals surface area contributed by atoms with Crippen LogP contribution in [0.1, 0.15) is 16.7 Å². The molecule has 0 fully saturated rings. The molecule has 1 unspecified atom stereocenters. The number of nitrogens with zero attached hydrogens (tertiary/aromatic N) is 1. The van der Waals surface area contributed by atoms with Crippen LogP contribution >= 0.6 is 0 Å². The summed E-state index contributed by atoms with van der Waals surface area (Å²) >= 11 is 0. The molecule has 0 spiro atoms. The van der Waals surface area contributed by atoms with Gasteiger partial charge in [-0.25, -0.2) is 0 Å². The van der Waals surface area contributed by atoms with Crippen LogP contribution in [0.2, 0.25) is 0 Å². The molecule has 2 rings (SSSR count). The van der Waals surface area contributed by atoms with Gasteiger partial charge in [-0.05, 0) is 55.7 Å². The first-order valence-electron chi connectivity index (χ1n) is 8.31. The van der Waals surface area contributed by atoms with E-state index in [1.165, 1.54) is 5.56 Å². The van der Waals surface area contributed by atoms with Crippen molar-refractivity contribution in [1.82, 2.24) is 0 Å². The lowest BCUT2D eigenvalue weighted by atomic mass is 10.1. The van der Waals surface area contributed by atoms with E-state index in [1.807, 2.05) is 55.1 Å². The van der Waals surface area contributed by atoms with Gasteiger partial charge >= 0.3 is 0 Å². The topological polar surface area (TPSA) is 52.9 Å². The Balaban J connectivity index is 1.98. The summed E-state index contributed by atoms with van der Waals surface area (Å²) in [6, 6.07) is 13.9. The minimum atomic E-state index is -0.642. The van der Waals surface area contributed by atoms with Crippen molar-refractivity contribution in [3.63, 3.8) is 0 Å². The van der Waals surface area contributed by atoms with Crippen LogP contribution in [0, 0.1) is 20.8 Å². The zero-order chi connectivity index (χ0) is 17.5. The molecular formula is C20H27NO3. The zero-order valence-electron chi connectivity index (χ0n) is 14.7. The Labute approximate surface area is 144 Å². The molecule has 2 aromatic rings. The fourth-order valence-corrected chi connectivity index (χ4v) is 2.73. The monoisotopic (exact) mass is 329 g/mol. The van der Waals surface area contributed by atoms with Gasteiger partial charge in [0.2, 0.25) is 0 Å². The molecule has 0 heterocycles. The third-order valence-electron chi connectivity index (χ3n) is 4.12. The van der Waals surface area contributed by atoms with Crippen molar-refractivity contribution in [3.05, 3.63) is 59.2 Å². The van der Waals surface area contributed by atoms with Crippen molar-refractivity contribution < 1.29 is 14.9 Å². The summed E-state index contributed by atoms with van der Waals surface area (Å²) in [5.41, 5.74) is 4.41. The number of para-hydroxylation sites is 1. The van der Waals surface area contributed by atoms with Gasteiger partial charge in [0.25, 0.3) is 0 Å². The number of aliphatic hydroxyl groups excluding tert-OH is 2. The fourth-order valence-electron chi connectivity index (χ4n) is 2.73. The van der Waals surface area contributed by atoms with E-state index in [0.717, 1.165) is 22.6 Å². The Kier molecular flexibility index (Phi) is 6.64. The molecule has 0 aliphatic rings. The summed E-state index contributed by atoms with van der Waals surface area (Å²) < 4.78 is 5.84. The van der Waals surface area contributed by atoms with Crippen LogP contribution in [0.15, 0.2) is 42.5 Å². The van der Waals surface area contributed by atoms with Gasteiger partial charge in [0.15, 0.2) is 0 Å². The van der Waals surface area contributed by atoms with Crippen molar-refractivity contribution in [2.75, 3.05) is 31.2 Å². The van der Waals surface area contributed by atoms with Crippen LogP contribution in [0.25, 0.3) is 0 Å². The zero-order valence-corrected chi connectivity index (χ0v) is 14.7. The van der Waals surface area contributed by atoms with E-state index in [-0.39, 0.29) is 13.2 Å². The fraction of sp³-hybridized carbons (Fsp3) is 0.400. The van der Waals surface area contributed by atoms with E-state index >= 15 is 0 Å². The molecule has 0 aliphatic carbocycles. The SMILES string of the molecule is Cc1cc(C)c(C)c(OCC(O)CN(CCO)c2ccccc2)c1. The first-order valence-corrected chi connectivity index (χ1v) is 8.31. The first kappa shape index (κ1) is 18.3. The molecule has 2 N–H and O–H groups in total. The summed E-state index contributed by atoms with van der Waals surface area (Å²) in [4.78, 5) is 1.96. The predicted molar refractivity (Wildman–Crippen MR) is 97.9 cm³/mol. The van der Waals surface area contributed by atoms with Crippen LogP contribution in [-0.4, -0.2) is 42.6 Å². The minimum absolute atomic E-state index is 0.0403. The number of benzene rings is 2. The van der Waals surface area contributed by atoms with Crippen molar-refractivity contribution in [2.24, 2.45) is 0 Å². The second-order valence-electron chi connectivity index (χ2n) is 6.17. The molecule has 4 heteroatoms. The number of hydrogen-bond donors (Lipinski definition) is 2. The van der Waals surface area contributed by atoms with Crippen LogP contribution in [0.4, 0.5) is 5.69 Å². The molecule has 0 saturated carbocycles. The Morgan fingerprint density at radius 1 is 1.08 bits per heavy atom. The van der Waals surface area contributed by atoms with E-state index in [9.17, 15) is 10.2 Å². The normalized spacial score (nSPS) is 12.0. The summed E-state index contributed by atoms with van der Waals surface area (Å²) in [6.07, 6.45) is -0.642. The third kappa shape index (κ3) is 4.98.